The molecule has 1 rings (SSSR count). The lowest BCUT2D eigenvalue weighted by molar-refractivity contribution is -0.697. The minimum atomic E-state index is 1.20. The molecule has 1 aromatic heterocycles. The Morgan fingerprint density at radius 3 is 1.10 bits per heavy atom. The monoisotopic (exact) mass is 557 g/mol. The van der Waals surface area contributed by atoms with Gasteiger partial charge in [0, 0.05) is 18.1 Å². The highest BCUT2D eigenvalue weighted by Gasteiger charge is 2.03. The van der Waals surface area contributed by atoms with Crippen LogP contribution in [0.2, 0.25) is 0 Å². The SMILES string of the molecule is CCCCCCCCCCCCCCCCCC[n+]1cccc(CCCCCCCCCCCCCCCC)c1. The van der Waals surface area contributed by atoms with Crippen molar-refractivity contribution in [3.05, 3.63) is 30.1 Å². The molecule has 1 aromatic rings. The van der Waals surface area contributed by atoms with Crippen LogP contribution in [0.4, 0.5) is 0 Å². The third kappa shape index (κ3) is 26.1. The average Bonchev–Trinajstić information content (AvgIpc) is 2.97. The molecule has 0 fully saturated rings. The zero-order valence-electron chi connectivity index (χ0n) is 27.9. The highest BCUT2D eigenvalue weighted by atomic mass is 14.9. The summed E-state index contributed by atoms with van der Waals surface area (Å²) in [6.07, 6.45) is 49.3. The first kappa shape index (κ1) is 37.2. The summed E-state index contributed by atoms with van der Waals surface area (Å²) in [6, 6.07) is 4.61. The van der Waals surface area contributed by atoms with Gasteiger partial charge in [0.2, 0.25) is 0 Å². The lowest BCUT2D eigenvalue weighted by atomic mass is 10.0. The highest BCUT2D eigenvalue weighted by molar-refractivity contribution is 5.05. The third-order valence-electron chi connectivity index (χ3n) is 9.01. The highest BCUT2D eigenvalue weighted by Crippen LogP contribution is 2.15. The maximum atomic E-state index is 2.45. The summed E-state index contributed by atoms with van der Waals surface area (Å²) in [5.41, 5.74) is 1.54. The Hall–Kier alpha value is -0.850. The van der Waals surface area contributed by atoms with E-state index in [9.17, 15) is 0 Å². The second-order valence-electron chi connectivity index (χ2n) is 13.1. The van der Waals surface area contributed by atoms with E-state index in [1.807, 2.05) is 0 Å². The molecule has 0 bridgehead atoms. The van der Waals surface area contributed by atoms with Gasteiger partial charge in [-0.3, -0.25) is 0 Å². The van der Waals surface area contributed by atoms with E-state index >= 15 is 0 Å². The van der Waals surface area contributed by atoms with Crippen molar-refractivity contribution >= 4 is 0 Å². The molecule has 0 spiro atoms. The van der Waals surface area contributed by atoms with Crippen LogP contribution in [-0.4, -0.2) is 0 Å². The number of aromatic nitrogens is 1. The van der Waals surface area contributed by atoms with Gasteiger partial charge in [0.15, 0.2) is 12.4 Å². The lowest BCUT2D eigenvalue weighted by Gasteiger charge is -2.04. The van der Waals surface area contributed by atoms with Crippen molar-refractivity contribution in [2.75, 3.05) is 0 Å². The van der Waals surface area contributed by atoms with Crippen LogP contribution in [0.5, 0.6) is 0 Å². The maximum Gasteiger partial charge on any atom is 0.171 e. The van der Waals surface area contributed by atoms with E-state index in [0.29, 0.717) is 0 Å². The van der Waals surface area contributed by atoms with E-state index in [1.54, 1.807) is 0 Å². The van der Waals surface area contributed by atoms with Gasteiger partial charge in [-0.15, -0.1) is 0 Å². The molecule has 1 heterocycles. The van der Waals surface area contributed by atoms with Gasteiger partial charge >= 0.3 is 0 Å². The molecule has 0 unspecified atom stereocenters. The Kier molecular flexibility index (Phi) is 28.9. The Morgan fingerprint density at radius 2 is 0.725 bits per heavy atom. The quantitative estimate of drug-likeness (QED) is 0.0613. The molecule has 0 saturated heterocycles. The van der Waals surface area contributed by atoms with Gasteiger partial charge in [-0.2, -0.15) is 0 Å². The summed E-state index contributed by atoms with van der Waals surface area (Å²) >= 11 is 0. The summed E-state index contributed by atoms with van der Waals surface area (Å²) in [4.78, 5) is 0. The fourth-order valence-corrected chi connectivity index (χ4v) is 6.23. The molecule has 0 amide bonds. The van der Waals surface area contributed by atoms with Crippen LogP contribution in [0.1, 0.15) is 212 Å². The van der Waals surface area contributed by atoms with E-state index < -0.39 is 0 Å². The Balaban J connectivity index is 1.86. The number of nitrogens with zero attached hydrogens (tertiary/aromatic N) is 1. The molecule has 0 aromatic carbocycles. The summed E-state index contributed by atoms with van der Waals surface area (Å²) in [5, 5.41) is 0. The lowest BCUT2D eigenvalue weighted by Crippen LogP contribution is -2.33. The zero-order chi connectivity index (χ0) is 28.6. The summed E-state index contributed by atoms with van der Waals surface area (Å²) in [5.74, 6) is 0. The zero-order valence-corrected chi connectivity index (χ0v) is 27.9. The van der Waals surface area contributed by atoms with Gasteiger partial charge in [0.25, 0.3) is 0 Å². The van der Waals surface area contributed by atoms with Crippen LogP contribution in [-0.2, 0) is 13.0 Å². The van der Waals surface area contributed by atoms with Crippen LogP contribution in [0.25, 0.3) is 0 Å². The predicted octanol–water partition coefficient (Wildman–Crippen LogP) is 13.3. The van der Waals surface area contributed by atoms with E-state index in [0.717, 1.165) is 0 Å². The maximum absolute atomic E-state index is 2.45. The standard InChI is InChI=1S/C39H74N/c1-3-5-7-9-11-13-15-17-19-20-22-24-26-28-30-32-36-40-37-33-35-39(38-40)34-31-29-27-25-23-21-18-16-14-12-10-8-6-4-2/h33,35,37-38H,3-32,34,36H2,1-2H3/q+1. The normalized spacial score (nSPS) is 11.4. The number of hydrogen-bond acceptors (Lipinski definition) is 0. The molecule has 0 radical (unpaired) electrons. The van der Waals surface area contributed by atoms with Crippen LogP contribution in [0.15, 0.2) is 24.5 Å². The molecular weight excluding hydrogens is 482 g/mol. The second kappa shape index (κ2) is 31.1. The molecule has 0 N–H and O–H groups in total. The Labute approximate surface area is 253 Å². The summed E-state index contributed by atoms with van der Waals surface area (Å²) < 4.78 is 2.45. The minimum absolute atomic E-state index is 1.20. The van der Waals surface area contributed by atoms with Crippen LogP contribution < -0.4 is 4.57 Å². The molecule has 1 nitrogen and oxygen atoms in total. The first-order chi connectivity index (χ1) is 19.9. The molecule has 234 valence electrons. The Morgan fingerprint density at radius 1 is 0.400 bits per heavy atom. The molecule has 0 aliphatic heterocycles. The van der Waals surface area contributed by atoms with E-state index in [2.05, 4.69) is 42.9 Å². The average molecular weight is 557 g/mol. The van der Waals surface area contributed by atoms with Crippen molar-refractivity contribution in [2.24, 2.45) is 0 Å². The Bertz CT molecular complexity index is 609. The predicted molar refractivity (Wildman–Crippen MR) is 180 cm³/mol. The number of hydrogen-bond donors (Lipinski definition) is 0. The van der Waals surface area contributed by atoms with Gasteiger partial charge in [-0.1, -0.05) is 187 Å². The van der Waals surface area contributed by atoms with Crippen molar-refractivity contribution in [2.45, 2.75) is 219 Å². The largest absolute Gasteiger partial charge is 0.205 e. The van der Waals surface area contributed by atoms with Crippen molar-refractivity contribution in [1.82, 2.24) is 0 Å². The number of aryl methyl sites for hydroxylation is 2. The smallest absolute Gasteiger partial charge is 0.171 e. The molecule has 0 aliphatic carbocycles. The summed E-state index contributed by atoms with van der Waals surface area (Å²) in [6.45, 7) is 5.81. The first-order valence-electron chi connectivity index (χ1n) is 18.8. The van der Waals surface area contributed by atoms with Gasteiger partial charge in [0.1, 0.15) is 6.54 Å². The van der Waals surface area contributed by atoms with E-state index in [-0.39, 0.29) is 0 Å². The van der Waals surface area contributed by atoms with Gasteiger partial charge in [0.05, 0.1) is 0 Å². The van der Waals surface area contributed by atoms with Gasteiger partial charge in [-0.05, 0) is 25.3 Å². The van der Waals surface area contributed by atoms with Crippen LogP contribution >= 0.6 is 0 Å². The summed E-state index contributed by atoms with van der Waals surface area (Å²) in [7, 11) is 0. The molecule has 0 atom stereocenters. The third-order valence-corrected chi connectivity index (χ3v) is 9.01. The van der Waals surface area contributed by atoms with Crippen LogP contribution in [0, 0.1) is 0 Å². The first-order valence-corrected chi connectivity index (χ1v) is 18.8. The molecule has 40 heavy (non-hydrogen) atoms. The number of pyridine rings is 1. The second-order valence-corrected chi connectivity index (χ2v) is 13.1. The molecule has 0 saturated carbocycles. The molecule has 1 heteroatoms. The van der Waals surface area contributed by atoms with Crippen molar-refractivity contribution in [1.29, 1.82) is 0 Å². The molecule has 0 aliphatic rings. The van der Waals surface area contributed by atoms with E-state index in [1.165, 1.54) is 211 Å². The topological polar surface area (TPSA) is 3.88 Å². The number of unbranched alkanes of at least 4 members (excludes halogenated alkanes) is 28. The fourth-order valence-electron chi connectivity index (χ4n) is 6.23. The van der Waals surface area contributed by atoms with Crippen LogP contribution in [0.3, 0.4) is 0 Å². The van der Waals surface area contributed by atoms with Crippen molar-refractivity contribution < 1.29 is 4.57 Å². The fraction of sp³-hybridized carbons (Fsp3) is 0.872. The van der Waals surface area contributed by atoms with Crippen molar-refractivity contribution in [3.63, 3.8) is 0 Å². The molecular formula is C39H74N+. The van der Waals surface area contributed by atoms with E-state index in [4.69, 9.17) is 0 Å². The number of rotatable bonds is 32. The van der Waals surface area contributed by atoms with Gasteiger partial charge in [-0.25, -0.2) is 4.57 Å². The minimum Gasteiger partial charge on any atom is -0.205 e. The van der Waals surface area contributed by atoms with Crippen molar-refractivity contribution in [3.8, 4) is 0 Å². The van der Waals surface area contributed by atoms with Gasteiger partial charge < -0.3 is 0 Å².